The standard InChI is InChI=1S/C20H28N4O2S2/c1-2-21-20(22-13-15-27-19-11-7-4-8-12-19)23-14-16-28(25,26)24-17-18-9-5-3-6-10-18/h3-12,24H,2,13-17H2,1H3,(H2,21,22,23). The van der Waals surface area contributed by atoms with E-state index in [-0.39, 0.29) is 12.3 Å². The highest BCUT2D eigenvalue weighted by Crippen LogP contribution is 2.15. The van der Waals surface area contributed by atoms with Gasteiger partial charge in [0.2, 0.25) is 10.0 Å². The van der Waals surface area contributed by atoms with Crippen LogP contribution in [0.15, 0.2) is 70.6 Å². The highest BCUT2D eigenvalue weighted by atomic mass is 32.2. The van der Waals surface area contributed by atoms with Gasteiger partial charge in [0, 0.05) is 30.3 Å². The zero-order chi connectivity index (χ0) is 20.1. The summed E-state index contributed by atoms with van der Waals surface area (Å²) in [7, 11) is -3.37. The highest BCUT2D eigenvalue weighted by molar-refractivity contribution is 7.99. The van der Waals surface area contributed by atoms with Gasteiger partial charge >= 0.3 is 0 Å². The van der Waals surface area contributed by atoms with E-state index in [0.29, 0.717) is 12.5 Å². The summed E-state index contributed by atoms with van der Waals surface area (Å²) in [4.78, 5) is 5.59. The van der Waals surface area contributed by atoms with Crippen molar-refractivity contribution >= 4 is 27.7 Å². The maximum Gasteiger partial charge on any atom is 0.213 e. The molecule has 0 unspecified atom stereocenters. The zero-order valence-electron chi connectivity index (χ0n) is 16.1. The molecule has 0 saturated heterocycles. The van der Waals surface area contributed by atoms with E-state index in [1.807, 2.05) is 55.5 Å². The predicted octanol–water partition coefficient (Wildman–Crippen LogP) is 2.45. The van der Waals surface area contributed by atoms with Crippen LogP contribution in [0.25, 0.3) is 0 Å². The van der Waals surface area contributed by atoms with E-state index >= 15 is 0 Å². The molecule has 152 valence electrons. The fraction of sp³-hybridized carbons (Fsp3) is 0.350. The molecule has 0 amide bonds. The maximum atomic E-state index is 12.1. The molecule has 6 nitrogen and oxygen atoms in total. The Morgan fingerprint density at radius 1 is 1.00 bits per heavy atom. The SMILES string of the molecule is CCNC(=NCCS(=O)(=O)NCc1ccccc1)NCCSc1ccccc1. The van der Waals surface area contributed by atoms with Crippen molar-refractivity contribution in [3.05, 3.63) is 66.2 Å². The Kier molecular flexibility index (Phi) is 9.88. The van der Waals surface area contributed by atoms with Crippen molar-refractivity contribution in [3.8, 4) is 0 Å². The lowest BCUT2D eigenvalue weighted by molar-refractivity contribution is 0.581. The number of hydrogen-bond acceptors (Lipinski definition) is 4. The van der Waals surface area contributed by atoms with Crippen molar-refractivity contribution in [1.82, 2.24) is 15.4 Å². The Bertz CT molecular complexity index is 813. The van der Waals surface area contributed by atoms with Gasteiger partial charge < -0.3 is 10.6 Å². The van der Waals surface area contributed by atoms with E-state index in [2.05, 4.69) is 32.5 Å². The quantitative estimate of drug-likeness (QED) is 0.225. The van der Waals surface area contributed by atoms with Crippen molar-refractivity contribution in [1.29, 1.82) is 0 Å². The first kappa shape index (κ1) is 22.3. The van der Waals surface area contributed by atoms with Gasteiger partial charge in [-0.2, -0.15) is 0 Å². The molecule has 0 atom stereocenters. The van der Waals surface area contributed by atoms with E-state index < -0.39 is 10.0 Å². The third kappa shape index (κ3) is 9.25. The van der Waals surface area contributed by atoms with E-state index in [1.165, 1.54) is 4.90 Å². The van der Waals surface area contributed by atoms with E-state index in [0.717, 1.165) is 24.4 Å². The van der Waals surface area contributed by atoms with E-state index in [4.69, 9.17) is 0 Å². The van der Waals surface area contributed by atoms with Crippen LogP contribution >= 0.6 is 11.8 Å². The lowest BCUT2D eigenvalue weighted by Crippen LogP contribution is -2.39. The summed E-state index contributed by atoms with van der Waals surface area (Å²) in [5.41, 5.74) is 0.931. The smallest absolute Gasteiger partial charge is 0.213 e. The van der Waals surface area contributed by atoms with Crippen LogP contribution < -0.4 is 15.4 Å². The first-order chi connectivity index (χ1) is 13.6. The minimum Gasteiger partial charge on any atom is -0.357 e. The first-order valence-corrected chi connectivity index (χ1v) is 11.9. The van der Waals surface area contributed by atoms with Gasteiger partial charge in [0.05, 0.1) is 12.3 Å². The molecule has 0 bridgehead atoms. The van der Waals surface area contributed by atoms with Gasteiger partial charge in [-0.15, -0.1) is 11.8 Å². The Balaban J connectivity index is 1.72. The van der Waals surface area contributed by atoms with E-state index in [9.17, 15) is 8.42 Å². The molecule has 2 aromatic carbocycles. The van der Waals surface area contributed by atoms with Crippen LogP contribution in [0.3, 0.4) is 0 Å². The Morgan fingerprint density at radius 2 is 1.68 bits per heavy atom. The molecule has 0 aromatic heterocycles. The lowest BCUT2D eigenvalue weighted by atomic mass is 10.2. The Labute approximate surface area is 172 Å². The topological polar surface area (TPSA) is 82.6 Å². The molecule has 0 aliphatic heterocycles. The van der Waals surface area contributed by atoms with Crippen LogP contribution in [-0.4, -0.2) is 45.5 Å². The van der Waals surface area contributed by atoms with Crippen LogP contribution in [0.4, 0.5) is 0 Å². The number of rotatable bonds is 11. The molecule has 0 fully saturated rings. The van der Waals surface area contributed by atoms with Crippen molar-refractivity contribution in [2.75, 3.05) is 31.1 Å². The van der Waals surface area contributed by atoms with Crippen LogP contribution in [0.5, 0.6) is 0 Å². The van der Waals surface area contributed by atoms with Gasteiger partial charge in [-0.25, -0.2) is 13.1 Å². The molecule has 0 radical (unpaired) electrons. The zero-order valence-corrected chi connectivity index (χ0v) is 17.7. The fourth-order valence-corrected chi connectivity index (χ4v) is 3.99. The number of nitrogens with zero attached hydrogens (tertiary/aromatic N) is 1. The Morgan fingerprint density at radius 3 is 2.36 bits per heavy atom. The van der Waals surface area contributed by atoms with Crippen molar-refractivity contribution in [2.24, 2.45) is 4.99 Å². The maximum absolute atomic E-state index is 12.1. The minimum atomic E-state index is -3.37. The van der Waals surface area contributed by atoms with Crippen LogP contribution in [0, 0.1) is 0 Å². The van der Waals surface area contributed by atoms with Crippen molar-refractivity contribution < 1.29 is 8.42 Å². The molecule has 8 heteroatoms. The molecule has 3 N–H and O–H groups in total. The largest absolute Gasteiger partial charge is 0.357 e. The lowest BCUT2D eigenvalue weighted by Gasteiger charge is -2.11. The monoisotopic (exact) mass is 420 g/mol. The van der Waals surface area contributed by atoms with Crippen LogP contribution in [0.2, 0.25) is 0 Å². The van der Waals surface area contributed by atoms with Gasteiger partial charge in [-0.3, -0.25) is 4.99 Å². The number of benzene rings is 2. The molecule has 0 heterocycles. The summed E-state index contributed by atoms with van der Waals surface area (Å²) >= 11 is 1.76. The van der Waals surface area contributed by atoms with Gasteiger partial charge in [-0.05, 0) is 24.6 Å². The third-order valence-electron chi connectivity index (χ3n) is 3.72. The summed E-state index contributed by atoms with van der Waals surface area (Å²) < 4.78 is 26.9. The van der Waals surface area contributed by atoms with Gasteiger partial charge in [0.15, 0.2) is 5.96 Å². The summed E-state index contributed by atoms with van der Waals surface area (Å²) in [6.45, 7) is 3.93. The number of guanidine groups is 1. The second-order valence-corrected chi connectivity index (χ2v) is 9.07. The minimum absolute atomic E-state index is 0.0465. The molecule has 2 aromatic rings. The van der Waals surface area contributed by atoms with Crippen molar-refractivity contribution in [2.45, 2.75) is 18.4 Å². The van der Waals surface area contributed by atoms with Crippen LogP contribution in [-0.2, 0) is 16.6 Å². The molecule has 0 saturated carbocycles. The second kappa shape index (κ2) is 12.4. The number of sulfonamides is 1. The van der Waals surface area contributed by atoms with Gasteiger partial charge in [0.1, 0.15) is 0 Å². The average molecular weight is 421 g/mol. The number of aliphatic imine (C=N–C) groups is 1. The van der Waals surface area contributed by atoms with Crippen LogP contribution in [0.1, 0.15) is 12.5 Å². The van der Waals surface area contributed by atoms with Gasteiger partial charge in [0.25, 0.3) is 0 Å². The number of hydrogen-bond donors (Lipinski definition) is 3. The molecule has 28 heavy (non-hydrogen) atoms. The fourth-order valence-electron chi connectivity index (χ4n) is 2.34. The molecular weight excluding hydrogens is 392 g/mol. The summed E-state index contributed by atoms with van der Waals surface area (Å²) in [6.07, 6.45) is 0. The summed E-state index contributed by atoms with van der Waals surface area (Å²) in [5.74, 6) is 1.48. The number of thioether (sulfide) groups is 1. The predicted molar refractivity (Wildman–Crippen MR) is 118 cm³/mol. The van der Waals surface area contributed by atoms with Crippen molar-refractivity contribution in [3.63, 3.8) is 0 Å². The average Bonchev–Trinajstić information content (AvgIpc) is 2.71. The third-order valence-corrected chi connectivity index (χ3v) is 6.04. The van der Waals surface area contributed by atoms with Gasteiger partial charge in [-0.1, -0.05) is 48.5 Å². The molecule has 2 rings (SSSR count). The highest BCUT2D eigenvalue weighted by Gasteiger charge is 2.09. The van der Waals surface area contributed by atoms with E-state index in [1.54, 1.807) is 11.8 Å². The summed E-state index contributed by atoms with van der Waals surface area (Å²) in [5, 5.41) is 6.38. The second-order valence-electron chi connectivity index (χ2n) is 5.97. The normalized spacial score (nSPS) is 12.0. The molecular formula is C20H28N4O2S2. The summed E-state index contributed by atoms with van der Waals surface area (Å²) in [6, 6.07) is 19.7. The first-order valence-electron chi connectivity index (χ1n) is 9.30. The molecule has 0 aliphatic rings. The molecule has 0 aliphatic carbocycles. The Hall–Kier alpha value is -2.03. The molecule has 0 spiro atoms. The number of nitrogens with one attached hydrogen (secondary N) is 3.